The summed E-state index contributed by atoms with van der Waals surface area (Å²) in [5.74, 6) is 0.132. The third-order valence-corrected chi connectivity index (χ3v) is 4.38. The molecule has 0 atom stereocenters. The summed E-state index contributed by atoms with van der Waals surface area (Å²) in [7, 11) is 0. The molecule has 6 heteroatoms. The molecule has 0 bridgehead atoms. The maximum Gasteiger partial charge on any atom is 0.268 e. The van der Waals surface area contributed by atoms with Crippen LogP contribution in [0.2, 0.25) is 0 Å². The van der Waals surface area contributed by atoms with Crippen molar-refractivity contribution in [3.8, 4) is 5.75 Å². The first-order valence-electron chi connectivity index (χ1n) is 8.85. The number of aromatic nitrogens is 2. The fraction of sp³-hybridized carbons (Fsp3) is 0.0909. The van der Waals surface area contributed by atoms with Crippen LogP contribution in [-0.4, -0.2) is 15.3 Å². The van der Waals surface area contributed by atoms with E-state index in [9.17, 15) is 9.18 Å². The highest BCUT2D eigenvalue weighted by atomic mass is 19.1. The van der Waals surface area contributed by atoms with Crippen LogP contribution in [0.1, 0.15) is 21.6 Å². The number of nitrogens with zero attached hydrogens (tertiary/aromatic N) is 2. The number of rotatable bonds is 6. The fourth-order valence-corrected chi connectivity index (χ4v) is 2.93. The summed E-state index contributed by atoms with van der Waals surface area (Å²) in [6, 6.07) is 19.4. The number of hydrogen-bond acceptors (Lipinski definition) is 3. The summed E-state index contributed by atoms with van der Waals surface area (Å²) in [6.45, 7) is 0.492. The Morgan fingerprint density at radius 2 is 1.93 bits per heavy atom. The van der Waals surface area contributed by atoms with Crippen LogP contribution in [0.4, 0.5) is 4.39 Å². The van der Waals surface area contributed by atoms with Gasteiger partial charge in [-0.05, 0) is 35.9 Å². The topological polar surface area (TPSA) is 55.6 Å². The van der Waals surface area contributed by atoms with Crippen LogP contribution >= 0.6 is 0 Å². The first-order valence-corrected chi connectivity index (χ1v) is 8.85. The zero-order chi connectivity index (χ0) is 19.3. The number of ether oxygens (including phenoxy) is 1. The molecular weight excluding hydrogens is 357 g/mol. The molecule has 4 rings (SSSR count). The van der Waals surface area contributed by atoms with Crippen molar-refractivity contribution in [3.63, 3.8) is 0 Å². The van der Waals surface area contributed by atoms with Crippen LogP contribution in [0.5, 0.6) is 5.75 Å². The van der Waals surface area contributed by atoms with Crippen molar-refractivity contribution in [1.82, 2.24) is 14.7 Å². The number of amides is 1. The Morgan fingerprint density at radius 1 is 1.07 bits per heavy atom. The van der Waals surface area contributed by atoms with Crippen LogP contribution in [0.15, 0.2) is 79.3 Å². The monoisotopic (exact) mass is 375 g/mol. The van der Waals surface area contributed by atoms with Crippen LogP contribution in [0, 0.1) is 5.82 Å². The van der Waals surface area contributed by atoms with E-state index in [0.717, 1.165) is 11.1 Å². The largest absolute Gasteiger partial charge is 0.489 e. The molecule has 0 saturated carbocycles. The zero-order valence-electron chi connectivity index (χ0n) is 15.0. The predicted octanol–water partition coefficient (Wildman–Crippen LogP) is 3.98. The summed E-state index contributed by atoms with van der Waals surface area (Å²) in [4.78, 5) is 16.6. The molecule has 0 fully saturated rings. The van der Waals surface area contributed by atoms with E-state index in [1.54, 1.807) is 47.3 Å². The Bertz CT molecular complexity index is 1120. The van der Waals surface area contributed by atoms with E-state index in [1.807, 2.05) is 30.3 Å². The Morgan fingerprint density at radius 3 is 2.82 bits per heavy atom. The Labute approximate surface area is 161 Å². The van der Waals surface area contributed by atoms with E-state index in [1.165, 1.54) is 6.07 Å². The van der Waals surface area contributed by atoms with Crippen molar-refractivity contribution in [1.29, 1.82) is 0 Å². The number of imidazole rings is 1. The quantitative estimate of drug-likeness (QED) is 0.555. The van der Waals surface area contributed by atoms with Crippen LogP contribution in [-0.2, 0) is 13.2 Å². The molecular formula is C22H18FN3O2. The average molecular weight is 375 g/mol. The predicted molar refractivity (Wildman–Crippen MR) is 104 cm³/mol. The van der Waals surface area contributed by atoms with Gasteiger partial charge in [0, 0.05) is 12.1 Å². The Kier molecular flexibility index (Phi) is 5.01. The Balaban J connectivity index is 1.40. The zero-order valence-corrected chi connectivity index (χ0v) is 15.0. The second kappa shape index (κ2) is 7.92. The van der Waals surface area contributed by atoms with Gasteiger partial charge < -0.3 is 10.1 Å². The number of carbonyl (C=O) groups is 1. The van der Waals surface area contributed by atoms with Gasteiger partial charge in [-0.15, -0.1) is 0 Å². The summed E-state index contributed by atoms with van der Waals surface area (Å²) < 4.78 is 21.1. The molecule has 2 aromatic heterocycles. The molecule has 0 aliphatic heterocycles. The van der Waals surface area contributed by atoms with E-state index >= 15 is 0 Å². The molecule has 2 heterocycles. The third kappa shape index (κ3) is 3.86. The molecule has 140 valence electrons. The van der Waals surface area contributed by atoms with Gasteiger partial charge in [-0.1, -0.05) is 36.4 Å². The maximum absolute atomic E-state index is 13.7. The summed E-state index contributed by atoms with van der Waals surface area (Å²) in [6.07, 6.45) is 3.31. The van der Waals surface area contributed by atoms with Gasteiger partial charge in [-0.2, -0.15) is 0 Å². The summed E-state index contributed by atoms with van der Waals surface area (Å²) in [5, 5.41) is 2.90. The Hall–Kier alpha value is -3.67. The number of benzene rings is 2. The molecule has 1 amide bonds. The van der Waals surface area contributed by atoms with Crippen molar-refractivity contribution in [3.05, 3.63) is 102 Å². The van der Waals surface area contributed by atoms with Crippen LogP contribution in [0.3, 0.4) is 0 Å². The second-order valence-corrected chi connectivity index (χ2v) is 6.31. The van der Waals surface area contributed by atoms with E-state index < -0.39 is 0 Å². The molecule has 0 saturated heterocycles. The lowest BCUT2D eigenvalue weighted by molar-refractivity contribution is 0.0944. The number of halogens is 1. The molecule has 0 aliphatic carbocycles. The van der Waals surface area contributed by atoms with Crippen LogP contribution < -0.4 is 10.1 Å². The number of pyridine rings is 1. The van der Waals surface area contributed by atoms with Gasteiger partial charge in [0.2, 0.25) is 0 Å². The second-order valence-electron chi connectivity index (χ2n) is 6.31. The number of nitrogens with one attached hydrogen (secondary N) is 1. The third-order valence-electron chi connectivity index (χ3n) is 4.38. The van der Waals surface area contributed by atoms with Crippen molar-refractivity contribution >= 4 is 11.4 Å². The molecule has 0 unspecified atom stereocenters. The summed E-state index contributed by atoms with van der Waals surface area (Å²) in [5.41, 5.74) is 2.75. The highest BCUT2D eigenvalue weighted by Crippen LogP contribution is 2.16. The first kappa shape index (κ1) is 17.7. The molecule has 4 aromatic rings. The molecule has 5 nitrogen and oxygen atoms in total. The minimum absolute atomic E-state index is 0.144. The van der Waals surface area contributed by atoms with Gasteiger partial charge in [0.1, 0.15) is 23.9 Å². The first-order chi connectivity index (χ1) is 13.7. The van der Waals surface area contributed by atoms with Gasteiger partial charge in [0.25, 0.3) is 5.91 Å². The highest BCUT2D eigenvalue weighted by molar-refractivity contribution is 5.93. The molecule has 0 spiro atoms. The van der Waals surface area contributed by atoms with Gasteiger partial charge in [0.15, 0.2) is 0 Å². The van der Waals surface area contributed by atoms with Gasteiger partial charge in [-0.3, -0.25) is 9.20 Å². The van der Waals surface area contributed by atoms with E-state index in [-0.39, 0.29) is 18.3 Å². The molecule has 28 heavy (non-hydrogen) atoms. The molecule has 0 radical (unpaired) electrons. The minimum Gasteiger partial charge on any atom is -0.489 e. The molecule has 1 N–H and O–H groups in total. The van der Waals surface area contributed by atoms with Gasteiger partial charge in [0.05, 0.1) is 18.0 Å². The highest BCUT2D eigenvalue weighted by Gasteiger charge is 2.10. The van der Waals surface area contributed by atoms with Crippen molar-refractivity contribution < 1.29 is 13.9 Å². The lowest BCUT2D eigenvalue weighted by atomic mass is 10.2. The number of carbonyl (C=O) groups excluding carboxylic acids is 1. The van der Waals surface area contributed by atoms with Gasteiger partial charge in [-0.25, -0.2) is 9.37 Å². The maximum atomic E-state index is 13.7. The molecule has 2 aromatic carbocycles. The number of hydrogen-bond donors (Lipinski definition) is 1. The van der Waals surface area contributed by atoms with E-state index in [4.69, 9.17) is 4.74 Å². The smallest absolute Gasteiger partial charge is 0.268 e. The van der Waals surface area contributed by atoms with Crippen molar-refractivity contribution in [2.24, 2.45) is 0 Å². The fourth-order valence-electron chi connectivity index (χ4n) is 2.93. The minimum atomic E-state index is -0.292. The van der Waals surface area contributed by atoms with E-state index in [2.05, 4.69) is 10.3 Å². The standard InChI is InChI=1S/C22H18FN3O2/c23-20-9-2-1-6-17(20)14-28-19-8-3-5-16(11-19)12-25-22(27)21-10-4-7-18-13-24-15-26(18)21/h1-11,13,15H,12,14H2,(H,25,27). The van der Waals surface area contributed by atoms with E-state index in [0.29, 0.717) is 23.6 Å². The molecule has 0 aliphatic rings. The lowest BCUT2D eigenvalue weighted by Crippen LogP contribution is -2.24. The SMILES string of the molecule is O=C(NCc1cccc(OCc2ccccc2F)c1)c1cccc2cncn12. The summed E-state index contributed by atoms with van der Waals surface area (Å²) >= 11 is 0. The average Bonchev–Trinajstić information content (AvgIpc) is 3.21. The van der Waals surface area contributed by atoms with Crippen molar-refractivity contribution in [2.45, 2.75) is 13.2 Å². The van der Waals surface area contributed by atoms with Crippen LogP contribution in [0.25, 0.3) is 5.52 Å². The van der Waals surface area contributed by atoms with Gasteiger partial charge >= 0.3 is 0 Å². The number of fused-ring (bicyclic) bond motifs is 1. The lowest BCUT2D eigenvalue weighted by Gasteiger charge is -2.10. The van der Waals surface area contributed by atoms with Crippen molar-refractivity contribution in [2.75, 3.05) is 0 Å². The normalized spacial score (nSPS) is 10.8.